The van der Waals surface area contributed by atoms with Gasteiger partial charge in [-0.25, -0.2) is 9.89 Å². The number of aromatic nitrogens is 3. The van der Waals surface area contributed by atoms with Crippen molar-refractivity contribution in [2.45, 2.75) is 28.9 Å². The molecule has 0 radical (unpaired) electrons. The van der Waals surface area contributed by atoms with Crippen LogP contribution in [-0.4, -0.2) is 25.8 Å². The van der Waals surface area contributed by atoms with Crippen molar-refractivity contribution in [3.63, 3.8) is 0 Å². The number of amidine groups is 1. The monoisotopic (exact) mass is 291 g/mol. The number of hydrogen-bond donors (Lipinski definition) is 3. The maximum atomic E-state index is 11.7. The third-order valence-electron chi connectivity index (χ3n) is 3.06. The number of benzene rings is 1. The van der Waals surface area contributed by atoms with E-state index < -0.39 is 0 Å². The highest BCUT2D eigenvalue weighted by atomic mass is 32.2. The standard InChI is InChI=1S/C12H13N5O2S/c13-10(16-19)8-3-1-2-4-9(8)20-12-15-14-11(18)17(12)7-5-6-7/h1-4,7,19H,5-6H2,(H2,13,16)(H,14,18). The first-order valence-corrected chi connectivity index (χ1v) is 6.94. The Hall–Kier alpha value is -2.22. The van der Waals surface area contributed by atoms with Gasteiger partial charge in [0.25, 0.3) is 0 Å². The molecule has 7 nitrogen and oxygen atoms in total. The number of nitrogens with two attached hydrogens (primary N) is 1. The molecule has 0 saturated heterocycles. The first-order valence-electron chi connectivity index (χ1n) is 6.12. The molecule has 2 aromatic rings. The second kappa shape index (κ2) is 5.04. The Kier molecular flexibility index (Phi) is 3.23. The van der Waals surface area contributed by atoms with Crippen LogP contribution in [0.4, 0.5) is 0 Å². The SMILES string of the molecule is NC(=NO)c1ccccc1Sc1n[nH]c(=O)n1C1CC1. The lowest BCUT2D eigenvalue weighted by molar-refractivity contribution is 0.318. The summed E-state index contributed by atoms with van der Waals surface area (Å²) in [5, 5.41) is 18.9. The summed E-state index contributed by atoms with van der Waals surface area (Å²) in [5.41, 5.74) is 6.07. The van der Waals surface area contributed by atoms with Gasteiger partial charge < -0.3 is 10.9 Å². The Morgan fingerprint density at radius 2 is 2.25 bits per heavy atom. The average Bonchev–Trinajstić information content (AvgIpc) is 3.23. The summed E-state index contributed by atoms with van der Waals surface area (Å²) >= 11 is 1.32. The number of nitrogens with one attached hydrogen (secondary N) is 1. The Labute approximate surface area is 118 Å². The van der Waals surface area contributed by atoms with Crippen molar-refractivity contribution < 1.29 is 5.21 Å². The van der Waals surface area contributed by atoms with Crippen molar-refractivity contribution in [1.29, 1.82) is 0 Å². The summed E-state index contributed by atoms with van der Waals surface area (Å²) in [6.45, 7) is 0. The van der Waals surface area contributed by atoms with Crippen LogP contribution < -0.4 is 11.4 Å². The summed E-state index contributed by atoms with van der Waals surface area (Å²) < 4.78 is 1.66. The molecule has 1 aliphatic carbocycles. The fraction of sp³-hybridized carbons (Fsp3) is 0.250. The Bertz CT molecular complexity index is 717. The lowest BCUT2D eigenvalue weighted by atomic mass is 10.2. The number of oxime groups is 1. The zero-order valence-corrected chi connectivity index (χ0v) is 11.3. The highest BCUT2D eigenvalue weighted by Gasteiger charge is 2.29. The van der Waals surface area contributed by atoms with Gasteiger partial charge in [-0.15, -0.1) is 5.10 Å². The van der Waals surface area contributed by atoms with E-state index in [1.165, 1.54) is 11.8 Å². The molecule has 0 aliphatic heterocycles. The number of aromatic amines is 1. The second-order valence-corrected chi connectivity index (χ2v) is 5.51. The maximum absolute atomic E-state index is 11.7. The van der Waals surface area contributed by atoms with Crippen LogP contribution in [0.5, 0.6) is 0 Å². The molecule has 0 atom stereocenters. The van der Waals surface area contributed by atoms with E-state index in [4.69, 9.17) is 10.9 Å². The number of nitrogens with zero attached hydrogens (tertiary/aromatic N) is 3. The molecule has 1 aliphatic rings. The Morgan fingerprint density at radius 3 is 2.95 bits per heavy atom. The van der Waals surface area contributed by atoms with Crippen LogP contribution in [0.25, 0.3) is 0 Å². The molecule has 1 fully saturated rings. The summed E-state index contributed by atoms with van der Waals surface area (Å²) in [6.07, 6.45) is 1.99. The van der Waals surface area contributed by atoms with Crippen molar-refractivity contribution >= 4 is 17.6 Å². The van der Waals surface area contributed by atoms with Crippen molar-refractivity contribution in [3.05, 3.63) is 40.3 Å². The molecule has 20 heavy (non-hydrogen) atoms. The van der Waals surface area contributed by atoms with E-state index in [1.54, 1.807) is 16.7 Å². The van der Waals surface area contributed by atoms with Gasteiger partial charge in [-0.05, 0) is 30.7 Å². The van der Waals surface area contributed by atoms with Gasteiger partial charge in [0, 0.05) is 16.5 Å². The fourth-order valence-electron chi connectivity index (χ4n) is 1.94. The molecular weight excluding hydrogens is 278 g/mol. The van der Waals surface area contributed by atoms with E-state index in [0.717, 1.165) is 17.7 Å². The van der Waals surface area contributed by atoms with Crippen LogP contribution in [0, 0.1) is 0 Å². The van der Waals surface area contributed by atoms with Crippen LogP contribution in [0.15, 0.2) is 44.3 Å². The molecule has 0 unspecified atom stereocenters. The highest BCUT2D eigenvalue weighted by molar-refractivity contribution is 7.99. The lowest BCUT2D eigenvalue weighted by Crippen LogP contribution is -2.16. The molecular formula is C12H13N5O2S. The minimum atomic E-state index is -0.198. The van der Waals surface area contributed by atoms with E-state index in [2.05, 4.69) is 15.4 Å². The molecule has 0 amide bonds. The van der Waals surface area contributed by atoms with Crippen LogP contribution in [0.2, 0.25) is 0 Å². The quantitative estimate of drug-likeness (QED) is 0.339. The predicted octanol–water partition coefficient (Wildman–Crippen LogP) is 1.15. The molecule has 8 heteroatoms. The first-order chi connectivity index (χ1) is 9.70. The molecule has 0 bridgehead atoms. The zero-order valence-electron chi connectivity index (χ0n) is 10.5. The number of hydrogen-bond acceptors (Lipinski definition) is 5. The molecule has 1 aromatic carbocycles. The topological polar surface area (TPSA) is 109 Å². The normalized spacial score (nSPS) is 15.5. The van der Waals surface area contributed by atoms with Gasteiger partial charge in [-0.3, -0.25) is 4.57 Å². The largest absolute Gasteiger partial charge is 0.409 e. The van der Waals surface area contributed by atoms with E-state index in [1.807, 2.05) is 12.1 Å². The van der Waals surface area contributed by atoms with Crippen LogP contribution >= 0.6 is 11.8 Å². The maximum Gasteiger partial charge on any atom is 0.344 e. The second-order valence-electron chi connectivity index (χ2n) is 4.50. The predicted molar refractivity (Wildman–Crippen MR) is 74.2 cm³/mol. The molecule has 1 saturated carbocycles. The van der Waals surface area contributed by atoms with E-state index >= 15 is 0 Å². The molecule has 1 heterocycles. The van der Waals surface area contributed by atoms with Crippen molar-refractivity contribution in [2.75, 3.05) is 0 Å². The minimum absolute atomic E-state index is 0.0314. The Balaban J connectivity index is 1.98. The summed E-state index contributed by atoms with van der Waals surface area (Å²) in [4.78, 5) is 12.5. The molecule has 0 spiro atoms. The third kappa shape index (κ3) is 2.29. The van der Waals surface area contributed by atoms with Crippen molar-refractivity contribution in [3.8, 4) is 0 Å². The van der Waals surface area contributed by atoms with Gasteiger partial charge in [-0.2, -0.15) is 0 Å². The molecule has 3 rings (SSSR count). The average molecular weight is 291 g/mol. The summed E-state index contributed by atoms with van der Waals surface area (Å²) in [6, 6.07) is 7.48. The minimum Gasteiger partial charge on any atom is -0.409 e. The first kappa shape index (κ1) is 12.8. The van der Waals surface area contributed by atoms with Crippen LogP contribution in [0.3, 0.4) is 0 Å². The van der Waals surface area contributed by atoms with E-state index in [-0.39, 0.29) is 17.6 Å². The zero-order chi connectivity index (χ0) is 14.1. The fourth-order valence-corrected chi connectivity index (χ4v) is 2.98. The van der Waals surface area contributed by atoms with Gasteiger partial charge in [0.2, 0.25) is 0 Å². The van der Waals surface area contributed by atoms with Gasteiger partial charge in [0.1, 0.15) is 0 Å². The highest BCUT2D eigenvalue weighted by Crippen LogP contribution is 2.38. The molecule has 104 valence electrons. The lowest BCUT2D eigenvalue weighted by Gasteiger charge is -2.07. The number of rotatable bonds is 4. The molecule has 1 aromatic heterocycles. The number of H-pyrrole nitrogens is 1. The summed E-state index contributed by atoms with van der Waals surface area (Å²) in [5.74, 6) is 0.0314. The van der Waals surface area contributed by atoms with Gasteiger partial charge in [0.05, 0.1) is 0 Å². The van der Waals surface area contributed by atoms with Crippen molar-refractivity contribution in [2.24, 2.45) is 10.9 Å². The van der Waals surface area contributed by atoms with Gasteiger partial charge in [0.15, 0.2) is 11.0 Å². The molecule has 4 N–H and O–H groups in total. The van der Waals surface area contributed by atoms with E-state index in [9.17, 15) is 4.79 Å². The van der Waals surface area contributed by atoms with Crippen LogP contribution in [0.1, 0.15) is 24.4 Å². The summed E-state index contributed by atoms with van der Waals surface area (Å²) in [7, 11) is 0. The smallest absolute Gasteiger partial charge is 0.344 e. The van der Waals surface area contributed by atoms with Gasteiger partial charge in [-0.1, -0.05) is 23.4 Å². The van der Waals surface area contributed by atoms with Crippen LogP contribution in [-0.2, 0) is 0 Å². The Morgan fingerprint density at radius 1 is 1.50 bits per heavy atom. The van der Waals surface area contributed by atoms with Gasteiger partial charge >= 0.3 is 5.69 Å². The van der Waals surface area contributed by atoms with E-state index in [0.29, 0.717) is 10.7 Å². The third-order valence-corrected chi connectivity index (χ3v) is 4.10. The van der Waals surface area contributed by atoms with Crippen molar-refractivity contribution in [1.82, 2.24) is 14.8 Å².